The number of carbonyl (C=O) groups excluding carboxylic acids is 1. The number of benzene rings is 2. The van der Waals surface area contributed by atoms with Crippen molar-refractivity contribution in [3.63, 3.8) is 0 Å². The van der Waals surface area contributed by atoms with E-state index in [2.05, 4.69) is 15.6 Å². The van der Waals surface area contributed by atoms with Gasteiger partial charge in [0.05, 0.1) is 35.4 Å². The number of esters is 1. The predicted molar refractivity (Wildman–Crippen MR) is 127 cm³/mol. The smallest absolute Gasteiger partial charge is 0.338 e. The van der Waals surface area contributed by atoms with Crippen molar-refractivity contribution in [2.45, 2.75) is 37.8 Å². The molecule has 1 aliphatic rings. The Morgan fingerprint density at radius 2 is 1.86 bits per heavy atom. The zero-order valence-corrected chi connectivity index (χ0v) is 19.8. The third kappa shape index (κ3) is 4.70. The van der Waals surface area contributed by atoms with Gasteiger partial charge in [-0.1, -0.05) is 18.2 Å². The average molecular weight is 488 g/mol. The molecule has 0 aliphatic carbocycles. The van der Waals surface area contributed by atoms with E-state index < -0.39 is 35.4 Å². The van der Waals surface area contributed by atoms with Gasteiger partial charge in [0.15, 0.2) is 0 Å². The lowest BCUT2D eigenvalue weighted by atomic mass is 9.81. The largest absolute Gasteiger partial charge is 0.465 e. The van der Waals surface area contributed by atoms with Gasteiger partial charge in [-0.2, -0.15) is 0 Å². The number of hydrogen-bond acceptors (Lipinski definition) is 6. The molecule has 1 aromatic heterocycles. The number of aromatic nitrogens is 1. The molecule has 0 amide bonds. The molecule has 2 heterocycles. The first kappa shape index (κ1) is 24.9. The molecule has 35 heavy (non-hydrogen) atoms. The van der Waals surface area contributed by atoms with Gasteiger partial charge in [-0.3, -0.25) is 4.98 Å². The Labute approximate surface area is 201 Å². The van der Waals surface area contributed by atoms with Crippen LogP contribution in [-0.4, -0.2) is 38.3 Å². The number of halogens is 3. The predicted octanol–water partition coefficient (Wildman–Crippen LogP) is 5.50. The van der Waals surface area contributed by atoms with Gasteiger partial charge in [0, 0.05) is 29.9 Å². The second kappa shape index (κ2) is 10.2. The number of rotatable bonds is 7. The molecule has 0 radical (unpaired) electrons. The fraction of sp³-hybridized carbons (Fsp3) is 0.385. The van der Waals surface area contributed by atoms with E-state index >= 15 is 0 Å². The SMILES string of the molecule is COC(=O)c1cc2nccc(NC(C)c3cccc(C(F)F)c3F)c2cc1C1(OC)CCNCC1. The number of hydrogen-bond donors (Lipinski definition) is 2. The summed E-state index contributed by atoms with van der Waals surface area (Å²) >= 11 is 0. The van der Waals surface area contributed by atoms with Gasteiger partial charge in [0.2, 0.25) is 0 Å². The summed E-state index contributed by atoms with van der Waals surface area (Å²) in [6, 6.07) is 8.65. The van der Waals surface area contributed by atoms with E-state index in [9.17, 15) is 18.0 Å². The minimum absolute atomic E-state index is 0.130. The van der Waals surface area contributed by atoms with Crippen molar-refractivity contribution < 1.29 is 27.4 Å². The van der Waals surface area contributed by atoms with Gasteiger partial charge in [-0.05, 0) is 56.6 Å². The van der Waals surface area contributed by atoms with Crippen molar-refractivity contribution in [1.29, 1.82) is 0 Å². The normalized spacial score (nSPS) is 16.3. The molecule has 0 bridgehead atoms. The van der Waals surface area contributed by atoms with Crippen LogP contribution >= 0.6 is 0 Å². The van der Waals surface area contributed by atoms with Gasteiger partial charge < -0.3 is 20.1 Å². The van der Waals surface area contributed by atoms with Crippen molar-refractivity contribution in [2.75, 3.05) is 32.6 Å². The van der Waals surface area contributed by atoms with Crippen LogP contribution in [0.2, 0.25) is 0 Å². The molecular weight excluding hydrogens is 459 g/mol. The van der Waals surface area contributed by atoms with Crippen molar-refractivity contribution in [3.05, 3.63) is 70.7 Å². The molecule has 0 saturated carbocycles. The van der Waals surface area contributed by atoms with Gasteiger partial charge in [0.1, 0.15) is 5.82 Å². The van der Waals surface area contributed by atoms with Crippen LogP contribution in [0.4, 0.5) is 18.9 Å². The van der Waals surface area contributed by atoms with E-state index in [4.69, 9.17) is 9.47 Å². The monoisotopic (exact) mass is 487 g/mol. The lowest BCUT2D eigenvalue weighted by Crippen LogP contribution is -2.42. The van der Waals surface area contributed by atoms with E-state index in [1.807, 2.05) is 6.07 Å². The summed E-state index contributed by atoms with van der Waals surface area (Å²) in [7, 11) is 2.95. The van der Waals surface area contributed by atoms with Crippen LogP contribution in [0.25, 0.3) is 10.9 Å². The van der Waals surface area contributed by atoms with E-state index in [-0.39, 0.29) is 5.56 Å². The Balaban J connectivity index is 1.82. The minimum Gasteiger partial charge on any atom is -0.465 e. The molecular formula is C26H28F3N3O3. The fourth-order valence-electron chi connectivity index (χ4n) is 4.77. The number of anilines is 1. The molecule has 2 aromatic carbocycles. The summed E-state index contributed by atoms with van der Waals surface area (Å²) in [5, 5.41) is 7.24. The van der Waals surface area contributed by atoms with Crippen LogP contribution in [0.5, 0.6) is 0 Å². The Kier molecular flexibility index (Phi) is 7.28. The number of methoxy groups -OCH3 is 2. The number of ether oxygens (including phenoxy) is 2. The highest BCUT2D eigenvalue weighted by molar-refractivity contribution is 6.00. The van der Waals surface area contributed by atoms with Crippen LogP contribution in [0.3, 0.4) is 0 Å². The van der Waals surface area contributed by atoms with Gasteiger partial charge >= 0.3 is 5.97 Å². The second-order valence-corrected chi connectivity index (χ2v) is 8.63. The first-order valence-corrected chi connectivity index (χ1v) is 11.4. The quantitative estimate of drug-likeness (QED) is 0.429. The van der Waals surface area contributed by atoms with Gasteiger partial charge in [0.25, 0.3) is 6.43 Å². The summed E-state index contributed by atoms with van der Waals surface area (Å²) in [4.78, 5) is 17.1. The Hall–Kier alpha value is -3.17. The molecule has 3 aromatic rings. The molecule has 0 spiro atoms. The average Bonchev–Trinajstić information content (AvgIpc) is 2.88. The van der Waals surface area contributed by atoms with Crippen molar-refractivity contribution >= 4 is 22.6 Å². The molecule has 1 fully saturated rings. The topological polar surface area (TPSA) is 72.5 Å². The van der Waals surface area contributed by atoms with Crippen LogP contribution in [0.15, 0.2) is 42.6 Å². The maximum Gasteiger partial charge on any atom is 0.338 e. The molecule has 1 atom stereocenters. The lowest BCUT2D eigenvalue weighted by Gasteiger charge is -2.38. The Bertz CT molecular complexity index is 1230. The molecule has 2 N–H and O–H groups in total. The highest BCUT2D eigenvalue weighted by Crippen LogP contribution is 2.40. The molecule has 4 rings (SSSR count). The number of piperidine rings is 1. The molecule has 1 saturated heterocycles. The summed E-state index contributed by atoms with van der Waals surface area (Å²) in [6.45, 7) is 3.15. The number of alkyl halides is 2. The third-order valence-corrected chi connectivity index (χ3v) is 6.71. The highest BCUT2D eigenvalue weighted by Gasteiger charge is 2.38. The van der Waals surface area contributed by atoms with Crippen LogP contribution < -0.4 is 10.6 Å². The van der Waals surface area contributed by atoms with E-state index in [0.29, 0.717) is 40.6 Å². The number of pyridine rings is 1. The summed E-state index contributed by atoms with van der Waals surface area (Å²) in [6.07, 6.45) is -0.0205. The van der Waals surface area contributed by atoms with E-state index in [1.54, 1.807) is 32.4 Å². The van der Waals surface area contributed by atoms with Crippen LogP contribution in [-0.2, 0) is 15.1 Å². The number of fused-ring (bicyclic) bond motifs is 1. The van der Waals surface area contributed by atoms with E-state index in [0.717, 1.165) is 19.2 Å². The van der Waals surface area contributed by atoms with Crippen molar-refractivity contribution in [2.24, 2.45) is 0 Å². The lowest BCUT2D eigenvalue weighted by molar-refractivity contribution is -0.0398. The Morgan fingerprint density at radius 3 is 2.51 bits per heavy atom. The minimum atomic E-state index is -2.90. The van der Waals surface area contributed by atoms with Gasteiger partial charge in [-0.15, -0.1) is 0 Å². The Morgan fingerprint density at radius 1 is 1.14 bits per heavy atom. The zero-order valence-electron chi connectivity index (χ0n) is 19.8. The molecule has 9 heteroatoms. The maximum absolute atomic E-state index is 14.8. The maximum atomic E-state index is 14.8. The first-order valence-electron chi connectivity index (χ1n) is 11.4. The molecule has 186 valence electrons. The number of carbonyl (C=O) groups is 1. The molecule has 1 unspecified atom stereocenters. The second-order valence-electron chi connectivity index (χ2n) is 8.63. The number of nitrogens with zero attached hydrogens (tertiary/aromatic N) is 1. The first-order chi connectivity index (χ1) is 16.8. The summed E-state index contributed by atoms with van der Waals surface area (Å²) < 4.78 is 52.2. The standard InChI is InChI=1S/C26H28F3N3O3/c1-15(16-5-4-6-17(23(16)27)24(28)29)32-21-7-10-31-22-14-18(25(33)34-2)20(13-19(21)22)26(35-3)8-11-30-12-9-26/h4-7,10,13-15,24,30H,8-9,11-12H2,1-3H3,(H,31,32). The molecule has 1 aliphatic heterocycles. The van der Waals surface area contributed by atoms with Gasteiger partial charge in [-0.25, -0.2) is 18.0 Å². The third-order valence-electron chi connectivity index (χ3n) is 6.71. The van der Waals surface area contributed by atoms with Crippen molar-refractivity contribution in [1.82, 2.24) is 10.3 Å². The molecule has 6 nitrogen and oxygen atoms in total. The van der Waals surface area contributed by atoms with E-state index in [1.165, 1.54) is 19.2 Å². The van der Waals surface area contributed by atoms with Crippen LogP contribution in [0.1, 0.15) is 59.3 Å². The zero-order chi connectivity index (χ0) is 25.2. The number of nitrogens with one attached hydrogen (secondary N) is 2. The van der Waals surface area contributed by atoms with Crippen molar-refractivity contribution in [3.8, 4) is 0 Å². The fourth-order valence-corrected chi connectivity index (χ4v) is 4.77. The van der Waals surface area contributed by atoms with Crippen LogP contribution in [0, 0.1) is 5.82 Å². The summed E-state index contributed by atoms with van der Waals surface area (Å²) in [5.74, 6) is -1.42. The highest BCUT2D eigenvalue weighted by atomic mass is 19.3. The summed E-state index contributed by atoms with van der Waals surface area (Å²) in [5.41, 5.74) is 1.03.